The lowest BCUT2D eigenvalue weighted by molar-refractivity contribution is -0.127. The first-order valence-electron chi connectivity index (χ1n) is 4.26. The topological polar surface area (TPSA) is 55.1 Å². The Morgan fingerprint density at radius 1 is 1.45 bits per heavy atom. The van der Waals surface area contributed by atoms with E-state index in [1.54, 1.807) is 0 Å². The minimum Gasteiger partial charge on any atom is -0.294 e. The third kappa shape index (κ3) is 1.93. The van der Waals surface area contributed by atoms with Gasteiger partial charge in [0.05, 0.1) is 0 Å². The summed E-state index contributed by atoms with van der Waals surface area (Å²) in [5, 5.41) is 0. The molecular weight excluding hydrogens is 140 g/mol. The number of hydrazine groups is 1. The number of carbonyl (C=O) groups excluding carboxylic acids is 1. The minimum absolute atomic E-state index is 0.0113. The molecule has 1 rings (SSSR count). The summed E-state index contributed by atoms with van der Waals surface area (Å²) >= 11 is 0. The second-order valence-corrected chi connectivity index (χ2v) is 3.38. The van der Waals surface area contributed by atoms with Crippen molar-refractivity contribution in [2.75, 3.05) is 0 Å². The summed E-state index contributed by atoms with van der Waals surface area (Å²) < 4.78 is 0. The van der Waals surface area contributed by atoms with Crippen molar-refractivity contribution in [3.05, 3.63) is 0 Å². The van der Waals surface area contributed by atoms with Crippen molar-refractivity contribution in [1.82, 2.24) is 5.43 Å². The lowest BCUT2D eigenvalue weighted by Crippen LogP contribution is -2.39. The minimum atomic E-state index is 0.0113. The maximum atomic E-state index is 11.1. The van der Waals surface area contributed by atoms with Gasteiger partial charge in [-0.1, -0.05) is 19.8 Å². The van der Waals surface area contributed by atoms with Crippen molar-refractivity contribution in [1.29, 1.82) is 0 Å². The second kappa shape index (κ2) is 3.72. The molecule has 0 unspecified atom stereocenters. The summed E-state index contributed by atoms with van der Waals surface area (Å²) in [6.45, 7) is 2.12. The predicted octanol–water partition coefficient (Wildman–Crippen LogP) is 0.803. The van der Waals surface area contributed by atoms with Crippen molar-refractivity contribution >= 4 is 5.91 Å². The summed E-state index contributed by atoms with van der Waals surface area (Å²) in [4.78, 5) is 11.1. The zero-order chi connectivity index (χ0) is 8.27. The molecule has 1 amide bonds. The highest BCUT2D eigenvalue weighted by Crippen LogP contribution is 2.29. The molecule has 0 spiro atoms. The number of rotatable bonds is 1. The van der Waals surface area contributed by atoms with Crippen LogP contribution >= 0.6 is 0 Å². The van der Waals surface area contributed by atoms with E-state index in [0.717, 1.165) is 12.8 Å². The van der Waals surface area contributed by atoms with Crippen LogP contribution in [0.4, 0.5) is 0 Å². The largest absolute Gasteiger partial charge is 0.294 e. The average Bonchev–Trinajstić information content (AvgIpc) is 2.04. The molecule has 3 heteroatoms. The van der Waals surface area contributed by atoms with E-state index in [-0.39, 0.29) is 11.8 Å². The van der Waals surface area contributed by atoms with Crippen LogP contribution in [-0.2, 0) is 4.79 Å². The van der Waals surface area contributed by atoms with Crippen molar-refractivity contribution in [3.8, 4) is 0 Å². The standard InChI is InChI=1S/C8H16N2O/c1-6-4-2-3-5-7(6)8(11)10-9/h6-7H,2-5,9H2,1H3,(H,10,11)/t6-,7+/m1/s1. The van der Waals surface area contributed by atoms with Gasteiger partial charge in [0.25, 0.3) is 0 Å². The molecule has 0 radical (unpaired) electrons. The van der Waals surface area contributed by atoms with E-state index < -0.39 is 0 Å². The first-order valence-corrected chi connectivity index (χ1v) is 4.26. The molecule has 2 atom stereocenters. The number of nitrogens with two attached hydrogens (primary N) is 1. The Morgan fingerprint density at radius 2 is 2.09 bits per heavy atom. The third-order valence-corrected chi connectivity index (χ3v) is 2.59. The maximum absolute atomic E-state index is 11.1. The van der Waals surface area contributed by atoms with E-state index >= 15 is 0 Å². The number of amides is 1. The van der Waals surface area contributed by atoms with E-state index in [9.17, 15) is 4.79 Å². The molecule has 0 heterocycles. The van der Waals surface area contributed by atoms with Crippen LogP contribution in [0.5, 0.6) is 0 Å². The van der Waals surface area contributed by atoms with Gasteiger partial charge in [-0.3, -0.25) is 10.2 Å². The first kappa shape index (κ1) is 8.53. The van der Waals surface area contributed by atoms with Gasteiger partial charge in [0, 0.05) is 5.92 Å². The SMILES string of the molecule is C[C@@H]1CCCC[C@@H]1C(=O)NN. The van der Waals surface area contributed by atoms with E-state index in [0.29, 0.717) is 5.92 Å². The van der Waals surface area contributed by atoms with Crippen molar-refractivity contribution in [3.63, 3.8) is 0 Å². The molecule has 1 fully saturated rings. The molecule has 1 aliphatic rings. The van der Waals surface area contributed by atoms with Gasteiger partial charge >= 0.3 is 0 Å². The fourth-order valence-corrected chi connectivity index (χ4v) is 1.81. The highest BCUT2D eigenvalue weighted by molar-refractivity contribution is 5.78. The molecule has 1 aliphatic carbocycles. The molecular formula is C8H16N2O. The lowest BCUT2D eigenvalue weighted by Gasteiger charge is -2.26. The Bertz CT molecular complexity index is 147. The normalized spacial score (nSPS) is 31.5. The predicted molar refractivity (Wildman–Crippen MR) is 43.5 cm³/mol. The molecule has 11 heavy (non-hydrogen) atoms. The van der Waals surface area contributed by atoms with E-state index in [2.05, 4.69) is 12.3 Å². The smallest absolute Gasteiger partial charge is 0.237 e. The van der Waals surface area contributed by atoms with E-state index in [1.807, 2.05) is 0 Å². The van der Waals surface area contributed by atoms with Gasteiger partial charge in [-0.2, -0.15) is 0 Å². The van der Waals surface area contributed by atoms with Gasteiger partial charge in [0.1, 0.15) is 0 Å². The number of nitrogens with one attached hydrogen (secondary N) is 1. The molecule has 0 aromatic rings. The van der Waals surface area contributed by atoms with E-state index in [1.165, 1.54) is 12.8 Å². The average molecular weight is 156 g/mol. The highest BCUT2D eigenvalue weighted by atomic mass is 16.2. The summed E-state index contributed by atoms with van der Waals surface area (Å²) in [5.41, 5.74) is 2.23. The Balaban J connectivity index is 2.47. The number of hydrogen-bond donors (Lipinski definition) is 2. The van der Waals surface area contributed by atoms with Gasteiger partial charge in [0.15, 0.2) is 0 Å². The van der Waals surface area contributed by atoms with E-state index in [4.69, 9.17) is 5.84 Å². The quantitative estimate of drug-likeness (QED) is 0.335. The molecule has 3 N–H and O–H groups in total. The van der Waals surface area contributed by atoms with Gasteiger partial charge in [0.2, 0.25) is 5.91 Å². The van der Waals surface area contributed by atoms with Crippen LogP contribution in [0.3, 0.4) is 0 Å². The van der Waals surface area contributed by atoms with Crippen LogP contribution in [0, 0.1) is 11.8 Å². The Morgan fingerprint density at radius 3 is 2.64 bits per heavy atom. The molecule has 0 saturated heterocycles. The molecule has 0 aromatic carbocycles. The summed E-state index contributed by atoms with van der Waals surface area (Å²) in [7, 11) is 0. The number of hydrogen-bond acceptors (Lipinski definition) is 2. The zero-order valence-electron chi connectivity index (χ0n) is 6.97. The fraction of sp³-hybridized carbons (Fsp3) is 0.875. The third-order valence-electron chi connectivity index (χ3n) is 2.59. The Kier molecular flexibility index (Phi) is 2.88. The van der Waals surface area contributed by atoms with Gasteiger partial charge < -0.3 is 0 Å². The van der Waals surface area contributed by atoms with Crippen LogP contribution in [-0.4, -0.2) is 5.91 Å². The van der Waals surface area contributed by atoms with Crippen molar-refractivity contribution < 1.29 is 4.79 Å². The monoisotopic (exact) mass is 156 g/mol. The lowest BCUT2D eigenvalue weighted by atomic mass is 9.80. The fourth-order valence-electron chi connectivity index (χ4n) is 1.81. The van der Waals surface area contributed by atoms with Crippen molar-refractivity contribution in [2.45, 2.75) is 32.6 Å². The van der Waals surface area contributed by atoms with Crippen LogP contribution in [0.15, 0.2) is 0 Å². The molecule has 64 valence electrons. The molecule has 0 aromatic heterocycles. The van der Waals surface area contributed by atoms with Crippen LogP contribution < -0.4 is 11.3 Å². The van der Waals surface area contributed by atoms with Gasteiger partial charge in [-0.25, -0.2) is 5.84 Å². The van der Waals surface area contributed by atoms with Crippen LogP contribution in [0.1, 0.15) is 32.6 Å². The van der Waals surface area contributed by atoms with Crippen LogP contribution in [0.2, 0.25) is 0 Å². The summed E-state index contributed by atoms with van der Waals surface area (Å²) in [6.07, 6.45) is 4.60. The Hall–Kier alpha value is -0.570. The molecule has 3 nitrogen and oxygen atoms in total. The molecule has 1 saturated carbocycles. The Labute approximate surface area is 67.3 Å². The zero-order valence-corrected chi connectivity index (χ0v) is 6.97. The highest BCUT2D eigenvalue weighted by Gasteiger charge is 2.26. The number of carbonyl (C=O) groups is 1. The van der Waals surface area contributed by atoms with Crippen molar-refractivity contribution in [2.24, 2.45) is 17.7 Å². The van der Waals surface area contributed by atoms with Gasteiger partial charge in [-0.15, -0.1) is 0 Å². The molecule has 0 bridgehead atoms. The molecule has 0 aliphatic heterocycles. The van der Waals surface area contributed by atoms with Gasteiger partial charge in [-0.05, 0) is 18.8 Å². The maximum Gasteiger partial charge on any atom is 0.237 e. The summed E-state index contributed by atoms with van der Waals surface area (Å²) in [5.74, 6) is 5.74. The van der Waals surface area contributed by atoms with Crippen LogP contribution in [0.25, 0.3) is 0 Å². The summed E-state index contributed by atoms with van der Waals surface area (Å²) in [6, 6.07) is 0. The second-order valence-electron chi connectivity index (χ2n) is 3.38. The first-order chi connectivity index (χ1) is 5.25.